The summed E-state index contributed by atoms with van der Waals surface area (Å²) in [6.45, 7) is 6.51. The van der Waals surface area contributed by atoms with Crippen molar-refractivity contribution in [2.75, 3.05) is 18.9 Å². The van der Waals surface area contributed by atoms with Crippen molar-refractivity contribution in [2.45, 2.75) is 51.7 Å². The van der Waals surface area contributed by atoms with Crippen LogP contribution in [0.25, 0.3) is 0 Å². The number of nitrogens with zero attached hydrogens (tertiary/aromatic N) is 1. The van der Waals surface area contributed by atoms with E-state index in [9.17, 15) is 17.2 Å². The Bertz CT molecular complexity index is 390. The van der Waals surface area contributed by atoms with Gasteiger partial charge in [-0.2, -0.15) is 4.31 Å². The van der Waals surface area contributed by atoms with E-state index in [0.717, 1.165) is 6.92 Å². The molecule has 0 aromatic heterocycles. The number of ether oxygens (including phenoxy) is 1. The molecule has 0 aliphatic carbocycles. The molecule has 4 nitrogen and oxygen atoms in total. The minimum Gasteiger partial charge on any atom is -0.373 e. The molecule has 0 bridgehead atoms. The van der Waals surface area contributed by atoms with E-state index < -0.39 is 33.7 Å². The Morgan fingerprint density at radius 3 is 2.50 bits per heavy atom. The van der Waals surface area contributed by atoms with Gasteiger partial charge in [-0.1, -0.05) is 0 Å². The topological polar surface area (TPSA) is 46.6 Å². The second-order valence-corrected chi connectivity index (χ2v) is 7.64. The predicted octanol–water partition coefficient (Wildman–Crippen LogP) is 1.86. The van der Waals surface area contributed by atoms with Gasteiger partial charge >= 0.3 is 0 Å². The zero-order valence-corrected chi connectivity index (χ0v) is 12.1. The van der Waals surface area contributed by atoms with Crippen LogP contribution in [-0.2, 0) is 14.8 Å². The van der Waals surface area contributed by atoms with E-state index in [2.05, 4.69) is 0 Å². The molecular formula is C11H21F2NO3S. The predicted molar refractivity (Wildman–Crippen MR) is 65.2 cm³/mol. The van der Waals surface area contributed by atoms with Crippen LogP contribution in [-0.4, -0.2) is 49.2 Å². The van der Waals surface area contributed by atoms with Crippen molar-refractivity contribution in [1.29, 1.82) is 0 Å². The maximum absolute atomic E-state index is 12.8. The largest absolute Gasteiger partial charge is 0.373 e. The van der Waals surface area contributed by atoms with Gasteiger partial charge in [-0.15, -0.1) is 0 Å². The summed E-state index contributed by atoms with van der Waals surface area (Å²) in [5.74, 6) is -3.49. The summed E-state index contributed by atoms with van der Waals surface area (Å²) in [6, 6.07) is -0.312. The van der Waals surface area contributed by atoms with Gasteiger partial charge in [-0.25, -0.2) is 17.2 Å². The van der Waals surface area contributed by atoms with Gasteiger partial charge in [0.2, 0.25) is 15.9 Å². The second-order valence-electron chi connectivity index (χ2n) is 5.60. The highest BCUT2D eigenvalue weighted by Crippen LogP contribution is 2.25. The summed E-state index contributed by atoms with van der Waals surface area (Å²) >= 11 is 0. The number of morpholine rings is 1. The van der Waals surface area contributed by atoms with Gasteiger partial charge in [0.15, 0.2) is 0 Å². The molecule has 1 rings (SSSR count). The lowest BCUT2D eigenvalue weighted by molar-refractivity contribution is -0.0850. The molecular weight excluding hydrogens is 264 g/mol. The van der Waals surface area contributed by atoms with Crippen molar-refractivity contribution in [2.24, 2.45) is 0 Å². The third-order valence-corrected chi connectivity index (χ3v) is 4.82. The van der Waals surface area contributed by atoms with Crippen molar-refractivity contribution < 1.29 is 21.9 Å². The number of alkyl halides is 2. The number of halogens is 2. The Balaban J connectivity index is 2.77. The molecule has 1 aliphatic rings. The maximum Gasteiger partial charge on any atom is 0.246 e. The Hall–Kier alpha value is -0.270. The van der Waals surface area contributed by atoms with Gasteiger partial charge < -0.3 is 4.74 Å². The molecule has 1 aliphatic heterocycles. The Morgan fingerprint density at radius 2 is 2.00 bits per heavy atom. The smallest absolute Gasteiger partial charge is 0.246 e. The molecule has 1 fully saturated rings. The van der Waals surface area contributed by atoms with Crippen LogP contribution >= 0.6 is 0 Å². The van der Waals surface area contributed by atoms with Crippen LogP contribution in [0.15, 0.2) is 0 Å². The zero-order chi connectivity index (χ0) is 14.2. The van der Waals surface area contributed by atoms with Crippen molar-refractivity contribution in [3.63, 3.8) is 0 Å². The first-order valence-electron chi connectivity index (χ1n) is 5.94. The van der Waals surface area contributed by atoms with Gasteiger partial charge in [0, 0.05) is 19.0 Å². The van der Waals surface area contributed by atoms with E-state index >= 15 is 0 Å². The summed E-state index contributed by atoms with van der Waals surface area (Å²) in [7, 11) is -3.66. The number of hydrogen-bond acceptors (Lipinski definition) is 3. The Kier molecular flexibility index (Phi) is 4.40. The van der Waals surface area contributed by atoms with E-state index in [1.165, 1.54) is 4.31 Å². The average Bonchev–Trinajstić information content (AvgIpc) is 2.18. The summed E-state index contributed by atoms with van der Waals surface area (Å²) in [5.41, 5.74) is -0.575. The lowest BCUT2D eigenvalue weighted by Crippen LogP contribution is -2.55. The van der Waals surface area contributed by atoms with E-state index in [-0.39, 0.29) is 19.2 Å². The number of sulfonamides is 1. The van der Waals surface area contributed by atoms with Crippen molar-refractivity contribution in [3.8, 4) is 0 Å². The third-order valence-electron chi connectivity index (χ3n) is 2.90. The maximum atomic E-state index is 12.8. The highest BCUT2D eigenvalue weighted by atomic mass is 32.2. The molecule has 0 saturated carbocycles. The fourth-order valence-corrected chi connectivity index (χ4v) is 3.77. The minimum absolute atomic E-state index is 0.200. The minimum atomic E-state index is -3.66. The molecule has 0 aromatic rings. The number of hydrogen-bond donors (Lipinski definition) is 0. The van der Waals surface area contributed by atoms with E-state index in [1.807, 2.05) is 0 Å². The molecule has 7 heteroatoms. The normalized spacial score (nSPS) is 26.2. The van der Waals surface area contributed by atoms with Crippen LogP contribution in [0.3, 0.4) is 0 Å². The summed E-state index contributed by atoms with van der Waals surface area (Å²) in [4.78, 5) is 0. The van der Waals surface area contributed by atoms with Gasteiger partial charge in [-0.3, -0.25) is 0 Å². The van der Waals surface area contributed by atoms with Gasteiger partial charge in [-0.05, 0) is 27.7 Å². The van der Waals surface area contributed by atoms with Crippen molar-refractivity contribution >= 4 is 10.0 Å². The second kappa shape index (κ2) is 5.02. The van der Waals surface area contributed by atoms with Gasteiger partial charge in [0.1, 0.15) is 0 Å². The molecule has 108 valence electrons. The third kappa shape index (κ3) is 4.44. The van der Waals surface area contributed by atoms with Crippen LogP contribution in [0, 0.1) is 0 Å². The summed E-state index contributed by atoms with van der Waals surface area (Å²) in [5, 5.41) is 0. The first kappa shape index (κ1) is 15.8. The fraction of sp³-hybridized carbons (Fsp3) is 1.00. The lowest BCUT2D eigenvalue weighted by atomic mass is 10.1. The van der Waals surface area contributed by atoms with Crippen LogP contribution in [0.4, 0.5) is 8.78 Å². The van der Waals surface area contributed by atoms with Crippen LogP contribution in [0.5, 0.6) is 0 Å². The molecule has 0 aromatic carbocycles. The monoisotopic (exact) mass is 285 g/mol. The quantitative estimate of drug-likeness (QED) is 0.792. The summed E-state index contributed by atoms with van der Waals surface area (Å²) < 4.78 is 56.4. The van der Waals surface area contributed by atoms with E-state index in [0.29, 0.717) is 0 Å². The molecule has 1 heterocycles. The molecule has 18 heavy (non-hydrogen) atoms. The Labute approximate surface area is 107 Å². The first-order valence-corrected chi connectivity index (χ1v) is 7.55. The standard InChI is InChI=1S/C11H21F2NO3S/c1-9-7-17-10(2,3)8-14(9)18(15,16)6-5-11(4,12)13/h9H,5-8H2,1-4H3/t9-/m0/s1. The Morgan fingerprint density at radius 1 is 1.44 bits per heavy atom. The SMILES string of the molecule is C[C@H]1COC(C)(C)CN1S(=O)(=O)CCC(C)(F)F. The summed E-state index contributed by atoms with van der Waals surface area (Å²) in [6.07, 6.45) is -0.653. The molecule has 0 radical (unpaired) electrons. The molecule has 0 spiro atoms. The average molecular weight is 285 g/mol. The number of rotatable bonds is 4. The lowest BCUT2D eigenvalue weighted by Gasteiger charge is -2.41. The molecule has 0 N–H and O–H groups in total. The van der Waals surface area contributed by atoms with E-state index in [1.54, 1.807) is 20.8 Å². The van der Waals surface area contributed by atoms with Gasteiger partial charge in [0.25, 0.3) is 0 Å². The van der Waals surface area contributed by atoms with Crippen molar-refractivity contribution in [1.82, 2.24) is 4.31 Å². The van der Waals surface area contributed by atoms with Gasteiger partial charge in [0.05, 0.1) is 18.0 Å². The first-order chi connectivity index (χ1) is 7.93. The fourth-order valence-electron chi connectivity index (χ4n) is 1.80. The van der Waals surface area contributed by atoms with Crippen molar-refractivity contribution in [3.05, 3.63) is 0 Å². The van der Waals surface area contributed by atoms with Crippen LogP contribution in [0.1, 0.15) is 34.1 Å². The highest BCUT2D eigenvalue weighted by Gasteiger charge is 2.39. The van der Waals surface area contributed by atoms with E-state index in [4.69, 9.17) is 4.74 Å². The van der Waals surface area contributed by atoms with Crippen LogP contribution in [0.2, 0.25) is 0 Å². The molecule has 1 atom stereocenters. The molecule has 0 unspecified atom stereocenters. The molecule has 0 amide bonds. The van der Waals surface area contributed by atoms with Crippen LogP contribution < -0.4 is 0 Å². The molecule has 1 saturated heterocycles. The zero-order valence-electron chi connectivity index (χ0n) is 11.2. The highest BCUT2D eigenvalue weighted by molar-refractivity contribution is 7.89.